The molecule has 1 aromatic carbocycles. The number of carbonyl (C=O) groups is 4. The molecule has 1 unspecified atom stereocenters. The molecule has 3 amide bonds. The molecule has 10 nitrogen and oxygen atoms in total. The van der Waals surface area contributed by atoms with Crippen molar-refractivity contribution in [2.45, 2.75) is 93.5 Å². The zero-order chi connectivity index (χ0) is 33.4. The van der Waals surface area contributed by atoms with Crippen molar-refractivity contribution in [3.8, 4) is 0 Å². The molecular formula is C35H48BrN3O7. The van der Waals surface area contributed by atoms with Crippen LogP contribution in [0.15, 0.2) is 55.6 Å². The van der Waals surface area contributed by atoms with Gasteiger partial charge in [0.2, 0.25) is 17.7 Å². The second kappa shape index (κ2) is 16.2. The number of fused-ring (bicyclic) bond motifs is 1. The highest BCUT2D eigenvalue weighted by molar-refractivity contribution is 9.09. The number of amides is 3. The van der Waals surface area contributed by atoms with Crippen molar-refractivity contribution >= 4 is 39.6 Å². The summed E-state index contributed by atoms with van der Waals surface area (Å²) in [5.41, 5.74) is -0.535. The first kappa shape index (κ1) is 35.8. The summed E-state index contributed by atoms with van der Waals surface area (Å²) in [4.78, 5) is 58.4. The highest BCUT2D eigenvalue weighted by Gasteiger charge is 2.77. The Labute approximate surface area is 280 Å². The minimum absolute atomic E-state index is 0.152. The lowest BCUT2D eigenvalue weighted by Gasteiger charge is -2.37. The van der Waals surface area contributed by atoms with Gasteiger partial charge in [0.15, 0.2) is 0 Å². The number of nitrogens with zero attached hydrogens (tertiary/aromatic N) is 2. The van der Waals surface area contributed by atoms with Crippen molar-refractivity contribution in [3.63, 3.8) is 0 Å². The Hall–Kier alpha value is -3.02. The Morgan fingerprint density at radius 1 is 1.22 bits per heavy atom. The zero-order valence-electron chi connectivity index (χ0n) is 26.9. The topological polar surface area (TPSA) is 125 Å². The second-order valence-corrected chi connectivity index (χ2v) is 13.7. The Bertz CT molecular complexity index is 1260. The molecule has 2 bridgehead atoms. The first-order chi connectivity index (χ1) is 22.1. The number of alkyl halides is 1. The minimum Gasteiger partial charge on any atom is -0.455 e. The summed E-state index contributed by atoms with van der Waals surface area (Å²) in [6.07, 6.45) is 6.03. The fraction of sp³-hybridized carbons (Fsp3) is 0.600. The van der Waals surface area contributed by atoms with E-state index in [1.165, 1.54) is 4.90 Å². The third-order valence-corrected chi connectivity index (χ3v) is 10.2. The van der Waals surface area contributed by atoms with Crippen molar-refractivity contribution in [1.29, 1.82) is 0 Å². The lowest BCUT2D eigenvalue weighted by atomic mass is 9.70. The lowest BCUT2D eigenvalue weighted by molar-refractivity contribution is -0.162. The summed E-state index contributed by atoms with van der Waals surface area (Å²) in [5.74, 6) is -3.29. The number of halogens is 1. The summed E-state index contributed by atoms with van der Waals surface area (Å²) < 4.78 is 12.8. The maximum Gasteiger partial charge on any atom is 0.313 e. The summed E-state index contributed by atoms with van der Waals surface area (Å²) in [7, 11) is 0. The smallest absolute Gasteiger partial charge is 0.313 e. The van der Waals surface area contributed by atoms with Gasteiger partial charge < -0.3 is 29.7 Å². The van der Waals surface area contributed by atoms with E-state index >= 15 is 0 Å². The number of carbonyl (C=O) groups excluding carboxylic acids is 4. The number of allylic oxidation sites excluding steroid dienone is 1. The molecule has 0 saturated carbocycles. The minimum atomic E-state index is -1.23. The van der Waals surface area contributed by atoms with Crippen LogP contribution in [0.3, 0.4) is 0 Å². The van der Waals surface area contributed by atoms with Gasteiger partial charge in [-0.05, 0) is 38.2 Å². The lowest BCUT2D eigenvalue weighted by Crippen LogP contribution is -2.57. The summed E-state index contributed by atoms with van der Waals surface area (Å²) in [5, 5.41) is 12.6. The van der Waals surface area contributed by atoms with Gasteiger partial charge in [0, 0.05) is 37.5 Å². The molecule has 46 heavy (non-hydrogen) atoms. The molecular weight excluding hydrogens is 654 g/mol. The molecule has 252 valence electrons. The number of nitrogens with one attached hydrogen (secondary N) is 1. The molecule has 0 aliphatic carbocycles. The van der Waals surface area contributed by atoms with Crippen molar-refractivity contribution in [2.24, 2.45) is 11.8 Å². The number of esters is 1. The van der Waals surface area contributed by atoms with Gasteiger partial charge in [-0.25, -0.2) is 0 Å². The van der Waals surface area contributed by atoms with Gasteiger partial charge >= 0.3 is 5.97 Å². The van der Waals surface area contributed by atoms with Crippen molar-refractivity contribution in [2.75, 3.05) is 26.2 Å². The van der Waals surface area contributed by atoms with Crippen LogP contribution >= 0.6 is 15.9 Å². The maximum atomic E-state index is 14.4. The molecule has 8 atom stereocenters. The predicted octanol–water partition coefficient (Wildman–Crippen LogP) is 4.08. The summed E-state index contributed by atoms with van der Waals surface area (Å²) in [6, 6.07) is 7.66. The Morgan fingerprint density at radius 3 is 2.61 bits per heavy atom. The van der Waals surface area contributed by atoms with E-state index in [2.05, 4.69) is 41.3 Å². The highest BCUT2D eigenvalue weighted by Crippen LogP contribution is 2.60. The van der Waals surface area contributed by atoms with Gasteiger partial charge in [0.1, 0.15) is 17.7 Å². The number of aliphatic hydroxyl groups excluding tert-OH is 1. The fourth-order valence-electron chi connectivity index (χ4n) is 7.27. The quantitative estimate of drug-likeness (QED) is 0.102. The number of unbranched alkanes of at least 4 members (excludes halogenated alkanes) is 2. The van der Waals surface area contributed by atoms with Crippen LogP contribution in [0.4, 0.5) is 0 Å². The Balaban J connectivity index is 1.66. The average molecular weight is 703 g/mol. The Kier molecular flexibility index (Phi) is 12.6. The van der Waals surface area contributed by atoms with Crippen LogP contribution < -0.4 is 5.32 Å². The summed E-state index contributed by atoms with van der Waals surface area (Å²) in [6.45, 7) is 12.2. The third kappa shape index (κ3) is 7.26. The number of likely N-dealkylation sites (tertiary alicyclic amines) is 1. The molecule has 3 saturated heterocycles. The number of ether oxygens (including phenoxy) is 2. The van der Waals surface area contributed by atoms with E-state index in [9.17, 15) is 24.3 Å². The second-order valence-electron chi connectivity index (χ2n) is 12.5. The predicted molar refractivity (Wildman–Crippen MR) is 178 cm³/mol. The standard InChI is InChI=1S/C35H48BrN3O7/c1-5-8-13-19-38(18-7-3)33(43)31-35-22-25(36)30(46-35)27(28(35)32(42)39(31)20-14-21-40)34(44)45-29(24-15-11-10-12-16-24)23(4)37-26(41)17-9-6-2/h6-7,10-12,15-16,23,25,27-31,40H,2-3,5,8-9,13-14,17-22H2,1,4H3,(H,37,41)/t23-,25?,27+,28-,29-,30+,31+,35-/m1/s1. The van der Waals surface area contributed by atoms with Gasteiger partial charge in [-0.2, -0.15) is 0 Å². The van der Waals surface area contributed by atoms with E-state index in [4.69, 9.17) is 9.47 Å². The van der Waals surface area contributed by atoms with Gasteiger partial charge in [0.05, 0.1) is 24.0 Å². The summed E-state index contributed by atoms with van der Waals surface area (Å²) >= 11 is 3.71. The van der Waals surface area contributed by atoms with E-state index in [1.807, 2.05) is 30.3 Å². The number of aliphatic hydroxyl groups is 1. The van der Waals surface area contributed by atoms with E-state index in [-0.39, 0.29) is 48.5 Å². The van der Waals surface area contributed by atoms with Gasteiger partial charge in [-0.1, -0.05) is 78.2 Å². The van der Waals surface area contributed by atoms with Crippen molar-refractivity contribution < 1.29 is 33.8 Å². The van der Waals surface area contributed by atoms with Crippen LogP contribution in [-0.4, -0.2) is 93.5 Å². The van der Waals surface area contributed by atoms with Crippen LogP contribution in [0.1, 0.15) is 70.5 Å². The van der Waals surface area contributed by atoms with E-state index in [0.29, 0.717) is 31.5 Å². The normalized spacial score (nSPS) is 27.5. The van der Waals surface area contributed by atoms with Crippen LogP contribution in [-0.2, 0) is 28.7 Å². The molecule has 3 heterocycles. The molecule has 3 fully saturated rings. The average Bonchev–Trinajstić information content (AvgIpc) is 3.64. The number of benzene rings is 1. The van der Waals surface area contributed by atoms with Crippen molar-refractivity contribution in [3.05, 3.63) is 61.2 Å². The highest BCUT2D eigenvalue weighted by atomic mass is 79.9. The molecule has 1 aromatic rings. The van der Waals surface area contributed by atoms with Gasteiger partial charge in [-0.3, -0.25) is 19.2 Å². The number of hydrogen-bond donors (Lipinski definition) is 2. The SMILES string of the molecule is C=CCCC(=O)N[C@H](C)[C@@H](OC(=O)[C@@H]1[C@H]2O[C@@]3(CC2Br)[C@H](C(=O)N(CC=C)CCCCC)N(CCCO)C(=O)[C@@H]13)c1ccccc1. The van der Waals surface area contributed by atoms with Crippen molar-refractivity contribution in [1.82, 2.24) is 15.1 Å². The van der Waals surface area contributed by atoms with Crippen LogP contribution in [0.5, 0.6) is 0 Å². The molecule has 3 aliphatic rings. The first-order valence-corrected chi connectivity index (χ1v) is 17.3. The molecule has 0 aromatic heterocycles. The zero-order valence-corrected chi connectivity index (χ0v) is 28.5. The fourth-order valence-corrected chi connectivity index (χ4v) is 8.22. The van der Waals surface area contributed by atoms with Crippen LogP contribution in [0.25, 0.3) is 0 Å². The van der Waals surface area contributed by atoms with E-state index < -0.39 is 47.7 Å². The van der Waals surface area contributed by atoms with Crippen LogP contribution in [0, 0.1) is 11.8 Å². The number of hydrogen-bond acceptors (Lipinski definition) is 7. The Morgan fingerprint density at radius 2 is 1.96 bits per heavy atom. The molecule has 3 aliphatic heterocycles. The monoisotopic (exact) mass is 701 g/mol. The molecule has 1 spiro atoms. The van der Waals surface area contributed by atoms with Gasteiger partial charge in [-0.15, -0.1) is 13.2 Å². The molecule has 11 heteroatoms. The van der Waals surface area contributed by atoms with E-state index in [0.717, 1.165) is 19.3 Å². The first-order valence-electron chi connectivity index (χ1n) is 16.4. The number of rotatable bonds is 18. The third-order valence-electron chi connectivity index (χ3n) is 9.33. The molecule has 2 N–H and O–H groups in total. The molecule has 4 rings (SSSR count). The van der Waals surface area contributed by atoms with Gasteiger partial charge in [0.25, 0.3) is 0 Å². The maximum absolute atomic E-state index is 14.4. The largest absolute Gasteiger partial charge is 0.455 e. The molecule has 0 radical (unpaired) electrons. The van der Waals surface area contributed by atoms with E-state index in [1.54, 1.807) is 24.0 Å². The van der Waals surface area contributed by atoms with Crippen LogP contribution in [0.2, 0.25) is 0 Å².